The number of alkyl carbamates (subject to hydrolysis) is 1. The maximum Gasteiger partial charge on any atom is 0.469 e. The second kappa shape index (κ2) is 17.0. The fraction of sp³-hybridized carbons (Fsp3) is 0.481. The van der Waals surface area contributed by atoms with E-state index >= 15 is 0 Å². The van der Waals surface area contributed by atoms with Gasteiger partial charge in [-0.1, -0.05) is 50.1 Å². The quantitative estimate of drug-likeness (QED) is 0.0952. The summed E-state index contributed by atoms with van der Waals surface area (Å²) in [5.74, 6) is -0.586. The molecular formula is C27H40ClN4O9PS. The molecule has 43 heavy (non-hydrogen) atoms. The van der Waals surface area contributed by atoms with Crippen molar-refractivity contribution in [3.05, 3.63) is 59.1 Å². The summed E-state index contributed by atoms with van der Waals surface area (Å²) in [5, 5.41) is 5.69. The molecule has 2 aromatic rings. The zero-order valence-electron chi connectivity index (χ0n) is 24.3. The highest BCUT2D eigenvalue weighted by atomic mass is 35.5. The van der Waals surface area contributed by atoms with Crippen molar-refractivity contribution in [1.82, 2.24) is 14.9 Å². The molecule has 0 radical (unpaired) electrons. The van der Waals surface area contributed by atoms with Gasteiger partial charge in [0, 0.05) is 36.3 Å². The Morgan fingerprint density at radius 3 is 2.33 bits per heavy atom. The molecule has 0 aliphatic rings. The van der Waals surface area contributed by atoms with Crippen molar-refractivity contribution in [2.75, 3.05) is 32.5 Å². The van der Waals surface area contributed by atoms with Crippen LogP contribution in [0, 0.1) is 5.92 Å². The van der Waals surface area contributed by atoms with E-state index in [1.165, 1.54) is 35.7 Å². The number of anilines is 1. The van der Waals surface area contributed by atoms with Gasteiger partial charge in [0.05, 0.1) is 18.6 Å². The minimum absolute atomic E-state index is 0.0153. The number of amides is 2. The number of phosphoric acid groups is 1. The van der Waals surface area contributed by atoms with E-state index < -0.39 is 48.5 Å². The number of methoxy groups -OCH3 is 1. The van der Waals surface area contributed by atoms with Gasteiger partial charge in [-0.05, 0) is 54.7 Å². The highest BCUT2D eigenvalue weighted by Crippen LogP contribution is 2.37. The van der Waals surface area contributed by atoms with E-state index in [2.05, 4.69) is 15.4 Å². The van der Waals surface area contributed by atoms with Gasteiger partial charge in [-0.3, -0.25) is 9.32 Å². The molecule has 0 aliphatic carbocycles. The summed E-state index contributed by atoms with van der Waals surface area (Å²) in [6, 6.07) is 10.7. The number of nitrogen functional groups attached to an aromatic ring is 1. The van der Waals surface area contributed by atoms with E-state index in [0.717, 1.165) is 0 Å². The highest BCUT2D eigenvalue weighted by Gasteiger charge is 2.33. The standard InChI is InChI=1S/C27H40ClN4O9PS/c1-19(2)17-32(43(38,39)23-13-11-21(29)12-14-23)22(18-41-42(35,36)37)9-6-7-15-30-26(33)25(31-27(34)40-3)16-20-8-4-5-10-24(20)28/h4-5,8,10-14,19,22,25H,6-7,9,15-18,29H2,1-3H3,(H,30,33)(H,31,34)(H2,35,36,37)/t22-,25-/m0/s1. The van der Waals surface area contributed by atoms with Gasteiger partial charge in [-0.2, -0.15) is 4.31 Å². The molecule has 0 saturated carbocycles. The fourth-order valence-corrected chi connectivity index (χ4v) is 6.59. The number of ether oxygens (including phenoxy) is 1. The zero-order valence-corrected chi connectivity index (χ0v) is 26.8. The predicted molar refractivity (Wildman–Crippen MR) is 163 cm³/mol. The Balaban J connectivity index is 2.12. The van der Waals surface area contributed by atoms with Gasteiger partial charge in [0.2, 0.25) is 15.9 Å². The molecule has 0 unspecified atom stereocenters. The van der Waals surface area contributed by atoms with Crippen molar-refractivity contribution < 1.29 is 41.6 Å². The second-order valence-corrected chi connectivity index (χ2v) is 13.8. The monoisotopic (exact) mass is 662 g/mol. The molecule has 0 aromatic heterocycles. The molecule has 0 aliphatic heterocycles. The number of unbranched alkanes of at least 4 members (excludes halogenated alkanes) is 1. The third kappa shape index (κ3) is 12.4. The van der Waals surface area contributed by atoms with Crippen molar-refractivity contribution in [2.24, 2.45) is 5.92 Å². The van der Waals surface area contributed by atoms with Crippen LogP contribution in [-0.4, -0.2) is 73.4 Å². The lowest BCUT2D eigenvalue weighted by atomic mass is 10.0. The SMILES string of the molecule is COC(=O)N[C@@H](Cc1ccccc1Cl)C(=O)NCCCC[C@@H](COP(=O)(O)O)N(CC(C)C)S(=O)(=O)c1ccc(N)cc1. The summed E-state index contributed by atoms with van der Waals surface area (Å²) in [5.41, 5.74) is 6.75. The fourth-order valence-electron chi connectivity index (χ4n) is 4.21. The molecule has 2 amide bonds. The molecule has 0 bridgehead atoms. The first-order valence-electron chi connectivity index (χ1n) is 13.6. The largest absolute Gasteiger partial charge is 0.469 e. The summed E-state index contributed by atoms with van der Waals surface area (Å²) < 4.78 is 49.3. The number of nitrogens with two attached hydrogens (primary N) is 1. The minimum atomic E-state index is -4.89. The first-order valence-corrected chi connectivity index (χ1v) is 16.9. The van der Waals surface area contributed by atoms with Crippen LogP contribution >= 0.6 is 19.4 Å². The average Bonchev–Trinajstić information content (AvgIpc) is 2.93. The van der Waals surface area contributed by atoms with E-state index in [1.807, 2.05) is 13.8 Å². The van der Waals surface area contributed by atoms with Crippen molar-refractivity contribution in [1.29, 1.82) is 0 Å². The Labute approximate surface area is 257 Å². The third-order valence-electron chi connectivity index (χ3n) is 6.31. The Kier molecular flexibility index (Phi) is 14.4. The molecule has 2 aromatic carbocycles. The number of sulfonamides is 1. The van der Waals surface area contributed by atoms with Gasteiger partial charge >= 0.3 is 13.9 Å². The number of halogens is 1. The number of carbonyl (C=O) groups is 2. The number of hydrogen-bond acceptors (Lipinski definition) is 8. The maximum atomic E-state index is 13.6. The molecule has 2 rings (SSSR count). The number of benzene rings is 2. The summed E-state index contributed by atoms with van der Waals surface area (Å²) in [6.45, 7) is 3.36. The van der Waals surface area contributed by atoms with E-state index in [1.54, 1.807) is 24.3 Å². The van der Waals surface area contributed by atoms with Crippen LogP contribution in [0.4, 0.5) is 10.5 Å². The van der Waals surface area contributed by atoms with E-state index in [0.29, 0.717) is 29.1 Å². The lowest BCUT2D eigenvalue weighted by Crippen LogP contribution is -2.48. The molecule has 16 heteroatoms. The lowest BCUT2D eigenvalue weighted by molar-refractivity contribution is -0.123. The average molecular weight is 663 g/mol. The van der Waals surface area contributed by atoms with Crippen LogP contribution in [0.1, 0.15) is 38.7 Å². The first-order chi connectivity index (χ1) is 20.1. The van der Waals surface area contributed by atoms with Crippen LogP contribution in [0.25, 0.3) is 0 Å². The van der Waals surface area contributed by atoms with Gasteiger partial charge in [0.25, 0.3) is 0 Å². The van der Waals surface area contributed by atoms with Crippen LogP contribution in [0.2, 0.25) is 5.02 Å². The molecule has 2 atom stereocenters. The van der Waals surface area contributed by atoms with Crippen molar-refractivity contribution in [2.45, 2.75) is 56.5 Å². The topological polar surface area (TPSA) is 198 Å². The molecule has 6 N–H and O–H groups in total. The highest BCUT2D eigenvalue weighted by molar-refractivity contribution is 7.89. The number of nitrogens with one attached hydrogen (secondary N) is 2. The molecule has 0 heterocycles. The third-order valence-corrected chi connectivity index (χ3v) is 9.10. The molecule has 0 fully saturated rings. The summed E-state index contributed by atoms with van der Waals surface area (Å²) in [4.78, 5) is 43.4. The number of rotatable bonds is 17. The summed E-state index contributed by atoms with van der Waals surface area (Å²) in [7, 11) is -7.79. The molecule has 0 saturated heterocycles. The van der Waals surface area contributed by atoms with E-state index in [9.17, 15) is 32.4 Å². The summed E-state index contributed by atoms with van der Waals surface area (Å²) in [6.07, 6.45) is 0.288. The van der Waals surface area contributed by atoms with Crippen LogP contribution < -0.4 is 16.4 Å². The number of phosphoric ester groups is 1. The lowest BCUT2D eigenvalue weighted by Gasteiger charge is -2.32. The molecule has 13 nitrogen and oxygen atoms in total. The van der Waals surface area contributed by atoms with Gasteiger partial charge in [-0.25, -0.2) is 17.8 Å². The van der Waals surface area contributed by atoms with Gasteiger partial charge < -0.3 is 30.9 Å². The van der Waals surface area contributed by atoms with Gasteiger partial charge in [0.1, 0.15) is 6.04 Å². The Morgan fingerprint density at radius 2 is 1.74 bits per heavy atom. The normalized spacial score (nSPS) is 13.5. The Bertz CT molecular complexity index is 1360. The number of nitrogens with zero attached hydrogens (tertiary/aromatic N) is 1. The van der Waals surface area contributed by atoms with Crippen molar-refractivity contribution in [3.8, 4) is 0 Å². The van der Waals surface area contributed by atoms with Crippen LogP contribution in [-0.2, 0) is 35.1 Å². The predicted octanol–water partition coefficient (Wildman–Crippen LogP) is 3.30. The first kappa shape index (κ1) is 36.5. The number of carbonyl (C=O) groups excluding carboxylic acids is 2. The van der Waals surface area contributed by atoms with Gasteiger partial charge in [-0.15, -0.1) is 0 Å². The second-order valence-electron chi connectivity index (χ2n) is 10.2. The Morgan fingerprint density at radius 1 is 1.09 bits per heavy atom. The smallest absolute Gasteiger partial charge is 0.453 e. The maximum absolute atomic E-state index is 13.6. The van der Waals surface area contributed by atoms with E-state index in [4.69, 9.17) is 21.9 Å². The Hall–Kier alpha value is -2.71. The van der Waals surface area contributed by atoms with Gasteiger partial charge in [0.15, 0.2) is 0 Å². The van der Waals surface area contributed by atoms with Crippen LogP contribution in [0.3, 0.4) is 0 Å². The van der Waals surface area contributed by atoms with Crippen LogP contribution in [0.5, 0.6) is 0 Å². The zero-order chi connectivity index (χ0) is 32.2. The molecule has 240 valence electrons. The van der Waals surface area contributed by atoms with Crippen molar-refractivity contribution >= 4 is 47.1 Å². The molecular weight excluding hydrogens is 623 g/mol. The number of hydrogen-bond donors (Lipinski definition) is 5. The van der Waals surface area contributed by atoms with Crippen LogP contribution in [0.15, 0.2) is 53.4 Å². The summed E-state index contributed by atoms with van der Waals surface area (Å²) >= 11 is 6.22. The van der Waals surface area contributed by atoms with Crippen molar-refractivity contribution in [3.63, 3.8) is 0 Å². The van der Waals surface area contributed by atoms with E-state index in [-0.39, 0.29) is 36.7 Å². The molecule has 0 spiro atoms. The minimum Gasteiger partial charge on any atom is -0.453 e.